The van der Waals surface area contributed by atoms with Crippen LogP contribution in [-0.2, 0) is 33.9 Å². The zero-order valence-electron chi connectivity index (χ0n) is 39.1. The first-order valence-corrected chi connectivity index (χ1v) is 24.9. The molecule has 0 bridgehead atoms. The molecule has 0 saturated carbocycles. The first-order valence-electron chi connectivity index (χ1n) is 24.5. The quantitative estimate of drug-likeness (QED) is 0.0581. The number of halogens is 2. The number of imide groups is 1. The number of carbonyl (C=O) groups is 4. The van der Waals surface area contributed by atoms with E-state index in [9.17, 15) is 28.8 Å². The Labute approximate surface area is 407 Å². The Morgan fingerprint density at radius 1 is 0.899 bits per heavy atom. The minimum absolute atomic E-state index is 0.0506. The van der Waals surface area contributed by atoms with Crippen LogP contribution in [0, 0.1) is 11.3 Å². The van der Waals surface area contributed by atoms with Crippen LogP contribution < -0.4 is 25.2 Å². The summed E-state index contributed by atoms with van der Waals surface area (Å²) in [7, 11) is 0. The van der Waals surface area contributed by atoms with Gasteiger partial charge in [-0.25, -0.2) is 4.39 Å². The van der Waals surface area contributed by atoms with E-state index < -0.39 is 29.7 Å². The fourth-order valence-corrected chi connectivity index (χ4v) is 11.2. The van der Waals surface area contributed by atoms with Gasteiger partial charge in [-0.1, -0.05) is 74.2 Å². The molecule has 3 aromatic carbocycles. The average molecular weight is 960 g/mol. The largest absolute Gasteiger partial charge is 0.462 e. The van der Waals surface area contributed by atoms with Crippen LogP contribution in [0.25, 0.3) is 10.8 Å². The fourth-order valence-electron chi connectivity index (χ4n) is 10.9. The third-order valence-corrected chi connectivity index (χ3v) is 14.8. The molecular formula is C52H60ClFN10O5. The molecule has 1 aromatic heterocycles. The summed E-state index contributed by atoms with van der Waals surface area (Å²) in [5.41, 5.74) is 5.35. The van der Waals surface area contributed by atoms with Gasteiger partial charge >= 0.3 is 6.01 Å². The van der Waals surface area contributed by atoms with Crippen LogP contribution in [0.5, 0.6) is 6.01 Å². The van der Waals surface area contributed by atoms with E-state index >= 15 is 0 Å². The van der Waals surface area contributed by atoms with E-state index in [1.807, 2.05) is 36.4 Å². The molecule has 0 radical (unpaired) electrons. The molecule has 4 aromatic rings. The zero-order valence-corrected chi connectivity index (χ0v) is 39.8. The number of piperidine rings is 1. The third kappa shape index (κ3) is 10.5. The molecule has 3 saturated heterocycles. The second-order valence-corrected chi connectivity index (χ2v) is 19.2. The van der Waals surface area contributed by atoms with Crippen LogP contribution in [0.1, 0.15) is 97.8 Å². The van der Waals surface area contributed by atoms with Crippen LogP contribution in [0.2, 0.25) is 5.02 Å². The van der Waals surface area contributed by atoms with Gasteiger partial charge in [0.1, 0.15) is 18.5 Å². The first kappa shape index (κ1) is 47.7. The molecule has 3 fully saturated rings. The molecule has 0 spiro atoms. The van der Waals surface area contributed by atoms with Crippen LogP contribution in [0.15, 0.2) is 67.0 Å². The molecule has 362 valence electrons. The van der Waals surface area contributed by atoms with Crippen molar-refractivity contribution < 1.29 is 28.3 Å². The second kappa shape index (κ2) is 21.5. The Kier molecular flexibility index (Phi) is 14.9. The number of ether oxygens (including phenoxy) is 1. The maximum absolute atomic E-state index is 14.1. The van der Waals surface area contributed by atoms with Crippen molar-refractivity contribution in [1.82, 2.24) is 30.0 Å². The van der Waals surface area contributed by atoms with Crippen molar-refractivity contribution in [2.75, 3.05) is 67.5 Å². The summed E-state index contributed by atoms with van der Waals surface area (Å²) < 4.78 is 20.6. The Morgan fingerprint density at radius 3 is 2.51 bits per heavy atom. The monoisotopic (exact) mass is 958 g/mol. The van der Waals surface area contributed by atoms with Crippen LogP contribution in [-0.4, -0.2) is 119 Å². The van der Waals surface area contributed by atoms with E-state index in [0.717, 1.165) is 116 Å². The molecule has 69 heavy (non-hydrogen) atoms. The number of carbonyl (C=O) groups excluding carboxylic acids is 4. The fraction of sp³-hybridized carbons (Fsp3) is 0.481. The standard InChI is InChI=1S/C52H60ClFN10O5/c1-34(54)50(67)63-29-28-62(30-36(63)21-23-55)48-39-22-27-61(44-18-9-13-35-12-8-16-41(53)47(35)44)32-43(39)57-52(59-48)69-33-37-14-11-26-60(37)25-7-5-3-2-4-6-24-56-42-17-10-15-38-40(42)31-64(51(38)68)45-19-20-46(65)58-49(45)66/h8-10,12-13,15-18,36-37,45,56H,1-7,11,14,19-22,24-33H2,(H,58,65,66)/t36-,37-,45?/m0/s1. The van der Waals surface area contributed by atoms with E-state index in [4.69, 9.17) is 26.3 Å². The summed E-state index contributed by atoms with van der Waals surface area (Å²) in [6.07, 6.45) is 10.1. The summed E-state index contributed by atoms with van der Waals surface area (Å²) in [5, 5.41) is 18.3. The third-order valence-electron chi connectivity index (χ3n) is 14.5. The number of benzene rings is 3. The highest BCUT2D eigenvalue weighted by molar-refractivity contribution is 6.36. The molecule has 5 aliphatic rings. The number of likely N-dealkylation sites (tertiary alicyclic amines) is 1. The smallest absolute Gasteiger partial charge is 0.318 e. The molecule has 1 unspecified atom stereocenters. The van der Waals surface area contributed by atoms with Gasteiger partial charge in [0.15, 0.2) is 5.83 Å². The predicted molar refractivity (Wildman–Crippen MR) is 263 cm³/mol. The van der Waals surface area contributed by atoms with Crippen molar-refractivity contribution in [2.45, 2.75) is 108 Å². The van der Waals surface area contributed by atoms with Gasteiger partial charge in [0, 0.05) is 85.2 Å². The number of aromatic nitrogens is 2. The summed E-state index contributed by atoms with van der Waals surface area (Å²) in [4.78, 5) is 70.2. The molecule has 2 N–H and O–H groups in total. The number of nitriles is 1. The minimum Gasteiger partial charge on any atom is -0.462 e. The minimum atomic E-state index is -1.03. The number of hydrogen-bond donors (Lipinski definition) is 2. The number of unbranched alkanes of at least 4 members (excludes halogenated alkanes) is 5. The maximum atomic E-state index is 14.1. The number of anilines is 3. The van der Waals surface area contributed by atoms with Gasteiger partial charge in [0.05, 0.1) is 35.8 Å². The molecule has 5 aliphatic heterocycles. The van der Waals surface area contributed by atoms with E-state index in [1.165, 1.54) is 4.90 Å². The van der Waals surface area contributed by atoms with Crippen molar-refractivity contribution in [2.24, 2.45) is 0 Å². The Hall–Kier alpha value is -6.31. The van der Waals surface area contributed by atoms with E-state index in [-0.39, 0.29) is 37.2 Å². The molecule has 9 rings (SSSR count). The lowest BCUT2D eigenvalue weighted by Crippen LogP contribution is -2.55. The SMILES string of the molecule is C=C(F)C(=O)N1CCN(c2nc(OC[C@@H]3CCCN3CCCCCCCCNc3cccc4c3CN(C3CCC(=O)NC3=O)C4=O)nc3c2CCN(c2cccc4cccc(Cl)c24)C3)C[C@@H]1CC#N. The molecular weight excluding hydrogens is 899 g/mol. The van der Waals surface area contributed by atoms with Gasteiger partial charge in [-0.15, -0.1) is 0 Å². The van der Waals surface area contributed by atoms with Crippen molar-refractivity contribution in [3.8, 4) is 12.1 Å². The van der Waals surface area contributed by atoms with Gasteiger partial charge < -0.3 is 29.7 Å². The van der Waals surface area contributed by atoms with Gasteiger partial charge in [0.25, 0.3) is 11.8 Å². The Morgan fingerprint density at radius 2 is 1.70 bits per heavy atom. The highest BCUT2D eigenvalue weighted by Gasteiger charge is 2.40. The van der Waals surface area contributed by atoms with E-state index in [1.54, 1.807) is 4.90 Å². The summed E-state index contributed by atoms with van der Waals surface area (Å²) in [5.74, 6) is -1.94. The van der Waals surface area contributed by atoms with Gasteiger partial charge in [0.2, 0.25) is 11.8 Å². The number of nitrogens with one attached hydrogen (secondary N) is 2. The first-order chi connectivity index (χ1) is 33.6. The Balaban J connectivity index is 0.778. The van der Waals surface area contributed by atoms with Gasteiger partial charge in [-0.05, 0) is 81.3 Å². The number of hydrogen-bond acceptors (Lipinski definition) is 12. The molecule has 0 aliphatic carbocycles. The average Bonchev–Trinajstić information content (AvgIpc) is 3.95. The van der Waals surface area contributed by atoms with Crippen LogP contribution in [0.3, 0.4) is 0 Å². The van der Waals surface area contributed by atoms with Crippen LogP contribution >= 0.6 is 11.6 Å². The lowest BCUT2D eigenvalue weighted by Gasteiger charge is -2.42. The number of rotatable bonds is 18. The number of fused-ring (bicyclic) bond motifs is 3. The van der Waals surface area contributed by atoms with E-state index in [0.29, 0.717) is 68.8 Å². The lowest BCUT2D eigenvalue weighted by atomic mass is 10.0. The molecule has 3 atom stereocenters. The van der Waals surface area contributed by atoms with Crippen molar-refractivity contribution in [3.05, 3.63) is 94.4 Å². The molecule has 17 heteroatoms. The van der Waals surface area contributed by atoms with Gasteiger partial charge in [-0.2, -0.15) is 15.2 Å². The summed E-state index contributed by atoms with van der Waals surface area (Å²) in [6, 6.07) is 19.4. The molecule has 4 amide bonds. The van der Waals surface area contributed by atoms with Gasteiger partial charge in [-0.3, -0.25) is 29.4 Å². The zero-order chi connectivity index (χ0) is 48.0. The maximum Gasteiger partial charge on any atom is 0.318 e. The summed E-state index contributed by atoms with van der Waals surface area (Å²) >= 11 is 6.78. The summed E-state index contributed by atoms with van der Waals surface area (Å²) in [6.45, 7) is 9.03. The highest BCUT2D eigenvalue weighted by Crippen LogP contribution is 2.38. The van der Waals surface area contributed by atoms with Crippen LogP contribution in [0.4, 0.5) is 21.6 Å². The topological polar surface area (TPSA) is 167 Å². The predicted octanol–water partition coefficient (Wildman–Crippen LogP) is 7.32. The molecule has 6 heterocycles. The second-order valence-electron chi connectivity index (χ2n) is 18.8. The highest BCUT2D eigenvalue weighted by atomic mass is 35.5. The van der Waals surface area contributed by atoms with Crippen molar-refractivity contribution in [3.63, 3.8) is 0 Å². The number of nitrogens with zero attached hydrogens (tertiary/aromatic N) is 8. The van der Waals surface area contributed by atoms with E-state index in [2.05, 4.69) is 56.2 Å². The number of piperazine rings is 1. The van der Waals surface area contributed by atoms with Crippen molar-refractivity contribution in [1.29, 1.82) is 5.26 Å². The molecule has 15 nitrogen and oxygen atoms in total. The normalized spacial score (nSPS) is 20.5. The lowest BCUT2D eigenvalue weighted by molar-refractivity contribution is -0.137. The Bertz CT molecular complexity index is 2650. The van der Waals surface area contributed by atoms with Crippen molar-refractivity contribution >= 4 is 63.2 Å². The number of amides is 4.